The van der Waals surface area contributed by atoms with Crippen LogP contribution in [0.5, 0.6) is 0 Å². The Morgan fingerprint density at radius 2 is 1.74 bits per heavy atom. The predicted octanol–water partition coefficient (Wildman–Crippen LogP) is 3.75. The van der Waals surface area contributed by atoms with Gasteiger partial charge in [-0.15, -0.1) is 0 Å². The van der Waals surface area contributed by atoms with Crippen molar-refractivity contribution in [1.29, 1.82) is 0 Å². The van der Waals surface area contributed by atoms with Gasteiger partial charge in [-0.1, -0.05) is 18.5 Å². The number of nitrogens with zero attached hydrogens (tertiary/aromatic N) is 2. The topological polar surface area (TPSA) is 49.9 Å². The van der Waals surface area contributed by atoms with Gasteiger partial charge in [-0.3, -0.25) is 9.69 Å². The standard InChI is InChI=1S/C21H29ClN2O3/c1-4-19(25)24-17-9-10-18(24)14-23(13-17)12-11-21(2,3)27-20(26)15-5-7-16(22)8-6-15/h5-8,17-18H,4,9-14H2,1-3H3. The summed E-state index contributed by atoms with van der Waals surface area (Å²) < 4.78 is 5.73. The van der Waals surface area contributed by atoms with Gasteiger partial charge in [-0.05, 0) is 57.4 Å². The molecule has 0 aliphatic carbocycles. The zero-order valence-corrected chi connectivity index (χ0v) is 17.2. The van der Waals surface area contributed by atoms with E-state index >= 15 is 0 Å². The van der Waals surface area contributed by atoms with Crippen LogP contribution in [0.2, 0.25) is 5.02 Å². The van der Waals surface area contributed by atoms with Gasteiger partial charge < -0.3 is 9.64 Å². The SMILES string of the molecule is CCC(=O)N1C2CCC1CN(CCC(C)(C)OC(=O)c1ccc(Cl)cc1)C2. The van der Waals surface area contributed by atoms with E-state index in [1.165, 1.54) is 0 Å². The Morgan fingerprint density at radius 1 is 1.15 bits per heavy atom. The Labute approximate surface area is 166 Å². The summed E-state index contributed by atoms with van der Waals surface area (Å²) in [6, 6.07) is 7.44. The second-order valence-corrected chi connectivity index (χ2v) is 8.64. The fourth-order valence-electron chi connectivity index (χ4n) is 4.14. The van der Waals surface area contributed by atoms with Gasteiger partial charge in [-0.25, -0.2) is 4.79 Å². The van der Waals surface area contributed by atoms with Gasteiger partial charge in [-0.2, -0.15) is 0 Å². The van der Waals surface area contributed by atoms with Crippen LogP contribution >= 0.6 is 11.6 Å². The van der Waals surface area contributed by atoms with Crippen molar-refractivity contribution in [2.24, 2.45) is 0 Å². The number of ether oxygens (including phenoxy) is 1. The number of carbonyl (C=O) groups is 2. The molecule has 5 nitrogen and oxygen atoms in total. The molecule has 0 spiro atoms. The van der Waals surface area contributed by atoms with Gasteiger partial charge in [0.1, 0.15) is 5.60 Å². The van der Waals surface area contributed by atoms with Crippen LogP contribution < -0.4 is 0 Å². The van der Waals surface area contributed by atoms with Crippen LogP contribution in [-0.2, 0) is 9.53 Å². The second-order valence-electron chi connectivity index (χ2n) is 8.21. The number of esters is 1. The molecule has 2 unspecified atom stereocenters. The van der Waals surface area contributed by atoms with Crippen molar-refractivity contribution in [3.8, 4) is 0 Å². The summed E-state index contributed by atoms with van der Waals surface area (Å²) in [5.41, 5.74) is -0.0382. The third kappa shape index (κ3) is 4.82. The minimum absolute atomic E-state index is 0.277. The van der Waals surface area contributed by atoms with Gasteiger partial charge in [0.25, 0.3) is 0 Å². The molecule has 2 aliphatic heterocycles. The first-order chi connectivity index (χ1) is 12.8. The molecule has 148 valence electrons. The lowest BCUT2D eigenvalue weighted by molar-refractivity contribution is -0.136. The molecule has 0 aromatic heterocycles. The fraction of sp³-hybridized carbons (Fsp3) is 0.619. The van der Waals surface area contributed by atoms with Crippen molar-refractivity contribution in [2.45, 2.75) is 64.1 Å². The zero-order valence-electron chi connectivity index (χ0n) is 16.4. The van der Waals surface area contributed by atoms with E-state index in [1.807, 2.05) is 20.8 Å². The molecule has 1 amide bonds. The van der Waals surface area contributed by atoms with Crippen LogP contribution in [0.4, 0.5) is 0 Å². The molecule has 2 atom stereocenters. The average molecular weight is 393 g/mol. The van der Waals surface area contributed by atoms with Crippen molar-refractivity contribution >= 4 is 23.5 Å². The number of carbonyl (C=O) groups excluding carboxylic acids is 2. The highest BCUT2D eigenvalue weighted by molar-refractivity contribution is 6.30. The molecule has 0 N–H and O–H groups in total. The van der Waals surface area contributed by atoms with E-state index in [-0.39, 0.29) is 11.9 Å². The minimum atomic E-state index is -0.549. The summed E-state index contributed by atoms with van der Waals surface area (Å²) in [7, 11) is 0. The number of rotatable bonds is 6. The van der Waals surface area contributed by atoms with Gasteiger partial charge in [0.15, 0.2) is 0 Å². The van der Waals surface area contributed by atoms with Crippen LogP contribution in [-0.4, -0.2) is 59.0 Å². The summed E-state index contributed by atoms with van der Waals surface area (Å²) >= 11 is 5.87. The Morgan fingerprint density at radius 3 is 2.30 bits per heavy atom. The van der Waals surface area contributed by atoms with Crippen LogP contribution in [0.3, 0.4) is 0 Å². The van der Waals surface area contributed by atoms with E-state index in [4.69, 9.17) is 16.3 Å². The molecule has 2 aliphatic rings. The van der Waals surface area contributed by atoms with Crippen LogP contribution in [0.1, 0.15) is 56.8 Å². The molecular formula is C21H29ClN2O3. The van der Waals surface area contributed by atoms with Crippen molar-refractivity contribution in [2.75, 3.05) is 19.6 Å². The number of halogens is 1. The smallest absolute Gasteiger partial charge is 0.338 e. The summed E-state index contributed by atoms with van der Waals surface area (Å²) in [5.74, 6) is -0.0468. The lowest BCUT2D eigenvalue weighted by atomic mass is 10.0. The van der Waals surface area contributed by atoms with Gasteiger partial charge in [0.05, 0.1) is 5.56 Å². The number of piperazine rings is 1. The van der Waals surface area contributed by atoms with Crippen molar-refractivity contribution < 1.29 is 14.3 Å². The van der Waals surface area contributed by atoms with E-state index in [2.05, 4.69) is 9.80 Å². The largest absolute Gasteiger partial charge is 0.456 e. The number of hydrogen-bond acceptors (Lipinski definition) is 4. The summed E-state index contributed by atoms with van der Waals surface area (Å²) in [6.07, 6.45) is 3.54. The number of likely N-dealkylation sites (tertiary alicyclic amines) is 1. The van der Waals surface area contributed by atoms with Crippen LogP contribution in [0, 0.1) is 0 Å². The zero-order chi connectivity index (χ0) is 19.6. The van der Waals surface area contributed by atoms with E-state index in [0.717, 1.165) is 38.9 Å². The van der Waals surface area contributed by atoms with Crippen molar-refractivity contribution in [3.05, 3.63) is 34.9 Å². The molecule has 0 radical (unpaired) electrons. The highest BCUT2D eigenvalue weighted by Crippen LogP contribution is 2.31. The monoisotopic (exact) mass is 392 g/mol. The molecule has 6 heteroatoms. The lowest BCUT2D eigenvalue weighted by Crippen LogP contribution is -2.56. The number of hydrogen-bond donors (Lipinski definition) is 0. The normalized spacial score (nSPS) is 22.7. The Kier molecular flexibility index (Phi) is 6.11. The first kappa shape index (κ1) is 20.2. The quantitative estimate of drug-likeness (QED) is 0.692. The minimum Gasteiger partial charge on any atom is -0.456 e. The van der Waals surface area contributed by atoms with Crippen molar-refractivity contribution in [3.63, 3.8) is 0 Å². The molecule has 2 saturated heterocycles. The van der Waals surface area contributed by atoms with Crippen LogP contribution in [0.15, 0.2) is 24.3 Å². The highest BCUT2D eigenvalue weighted by atomic mass is 35.5. The maximum atomic E-state index is 12.4. The van der Waals surface area contributed by atoms with E-state index in [1.54, 1.807) is 24.3 Å². The Bertz CT molecular complexity index is 675. The third-order valence-electron chi connectivity index (χ3n) is 5.63. The molecule has 0 saturated carbocycles. The van der Waals surface area contributed by atoms with Crippen molar-refractivity contribution in [1.82, 2.24) is 9.80 Å². The maximum Gasteiger partial charge on any atom is 0.338 e. The number of amides is 1. The summed E-state index contributed by atoms with van der Waals surface area (Å²) in [6.45, 7) is 8.54. The highest BCUT2D eigenvalue weighted by Gasteiger charge is 2.42. The molecule has 2 fully saturated rings. The summed E-state index contributed by atoms with van der Waals surface area (Å²) in [4.78, 5) is 29.1. The van der Waals surface area contributed by atoms with E-state index in [9.17, 15) is 9.59 Å². The molecule has 3 rings (SSSR count). The fourth-order valence-corrected chi connectivity index (χ4v) is 4.26. The summed E-state index contributed by atoms with van der Waals surface area (Å²) in [5, 5.41) is 0.598. The van der Waals surface area contributed by atoms with Crippen LogP contribution in [0.25, 0.3) is 0 Å². The first-order valence-electron chi connectivity index (χ1n) is 9.81. The third-order valence-corrected chi connectivity index (χ3v) is 5.88. The Balaban J connectivity index is 1.51. The van der Waals surface area contributed by atoms with Gasteiger partial charge >= 0.3 is 5.97 Å². The van der Waals surface area contributed by atoms with E-state index < -0.39 is 5.60 Å². The second kappa shape index (κ2) is 8.19. The molecule has 2 heterocycles. The van der Waals surface area contributed by atoms with Gasteiger partial charge in [0, 0.05) is 43.2 Å². The first-order valence-corrected chi connectivity index (χ1v) is 10.2. The average Bonchev–Trinajstić information content (AvgIpc) is 2.89. The number of benzene rings is 1. The number of fused-ring (bicyclic) bond motifs is 2. The lowest BCUT2D eigenvalue weighted by Gasteiger charge is -2.42. The molecule has 27 heavy (non-hydrogen) atoms. The molecule has 1 aromatic carbocycles. The van der Waals surface area contributed by atoms with E-state index in [0.29, 0.717) is 29.1 Å². The Hall–Kier alpha value is -1.59. The van der Waals surface area contributed by atoms with Gasteiger partial charge in [0.2, 0.25) is 5.91 Å². The predicted molar refractivity (Wildman–Crippen MR) is 106 cm³/mol. The molecule has 1 aromatic rings. The molecular weight excluding hydrogens is 364 g/mol. The maximum absolute atomic E-state index is 12.4. The molecule has 2 bridgehead atoms.